The Morgan fingerprint density at radius 1 is 1.03 bits per heavy atom. The van der Waals surface area contributed by atoms with E-state index in [0.29, 0.717) is 28.6 Å². The number of aliphatic hydroxyl groups excluding tert-OH is 1. The van der Waals surface area contributed by atoms with Gasteiger partial charge in [0.2, 0.25) is 0 Å². The van der Waals surface area contributed by atoms with Gasteiger partial charge in [-0.25, -0.2) is 4.98 Å². The molecule has 1 fully saturated rings. The molecule has 176 valence electrons. The van der Waals surface area contributed by atoms with Crippen LogP contribution in [0.5, 0.6) is 17.2 Å². The molecule has 0 aliphatic carbocycles. The minimum absolute atomic E-state index is 0.00403. The number of nitrogens with zero attached hydrogens (tertiary/aromatic N) is 3. The lowest BCUT2D eigenvalue weighted by molar-refractivity contribution is 0.0651. The highest BCUT2D eigenvalue weighted by molar-refractivity contribution is 6.04. The Hall–Kier alpha value is -3.98. The van der Waals surface area contributed by atoms with Gasteiger partial charge in [-0.1, -0.05) is 0 Å². The third-order valence-electron chi connectivity index (χ3n) is 5.24. The second-order valence-corrected chi connectivity index (χ2v) is 8.07. The number of ether oxygens (including phenoxy) is 2. The maximum atomic E-state index is 12.8. The Balaban J connectivity index is 1.54. The number of hydrogen-bond donors (Lipinski definition) is 2. The summed E-state index contributed by atoms with van der Waals surface area (Å²) in [6.07, 6.45) is 3.60. The summed E-state index contributed by atoms with van der Waals surface area (Å²) < 4.78 is 11.7. The van der Waals surface area contributed by atoms with Crippen molar-refractivity contribution >= 4 is 17.6 Å². The van der Waals surface area contributed by atoms with Crippen molar-refractivity contribution in [3.63, 3.8) is 0 Å². The molecule has 4 rings (SSSR count). The molecule has 1 atom stereocenters. The van der Waals surface area contributed by atoms with Crippen molar-refractivity contribution in [1.82, 2.24) is 14.9 Å². The SMILES string of the molecule is Cc1cnc(NC(=O)c2cc(Oc3ccc(C(=O)N4CCC4)cc3)cc(O[C@@H](C)CO)c2)cn1. The summed E-state index contributed by atoms with van der Waals surface area (Å²) in [6, 6.07) is 11.6. The first-order valence-corrected chi connectivity index (χ1v) is 11.0. The molecule has 2 aromatic carbocycles. The van der Waals surface area contributed by atoms with E-state index in [9.17, 15) is 14.7 Å². The number of rotatable bonds is 8. The molecule has 1 aromatic heterocycles. The lowest BCUT2D eigenvalue weighted by Crippen LogP contribution is -2.41. The maximum Gasteiger partial charge on any atom is 0.257 e. The first kappa shape index (κ1) is 23.2. The molecule has 0 spiro atoms. The molecule has 1 aliphatic heterocycles. The zero-order valence-electron chi connectivity index (χ0n) is 19.0. The van der Waals surface area contributed by atoms with Gasteiger partial charge in [0, 0.05) is 30.3 Å². The van der Waals surface area contributed by atoms with Crippen molar-refractivity contribution in [2.75, 3.05) is 25.0 Å². The van der Waals surface area contributed by atoms with Crippen molar-refractivity contribution in [2.45, 2.75) is 26.4 Å². The lowest BCUT2D eigenvalue weighted by Gasteiger charge is -2.30. The molecule has 1 aliphatic rings. The minimum atomic E-state index is -0.471. The zero-order valence-corrected chi connectivity index (χ0v) is 19.0. The Morgan fingerprint density at radius 3 is 2.38 bits per heavy atom. The summed E-state index contributed by atoms with van der Waals surface area (Å²) in [5.41, 5.74) is 1.62. The fraction of sp³-hybridized carbons (Fsp3) is 0.280. The molecule has 2 N–H and O–H groups in total. The standard InChI is InChI=1S/C25H26N4O5/c1-16-13-27-23(14-26-16)28-24(31)19-10-21(33-17(2)15-30)12-22(11-19)34-20-6-4-18(5-7-20)25(32)29-8-3-9-29/h4-7,10-14,17,30H,3,8-9,15H2,1-2H3,(H,27,28,31)/t17-/m0/s1. The molecule has 0 saturated carbocycles. The van der Waals surface area contributed by atoms with Crippen LogP contribution in [0, 0.1) is 6.92 Å². The Kier molecular flexibility index (Phi) is 7.03. The van der Waals surface area contributed by atoms with E-state index in [1.165, 1.54) is 6.20 Å². The van der Waals surface area contributed by atoms with Gasteiger partial charge in [0.1, 0.15) is 23.4 Å². The third-order valence-corrected chi connectivity index (χ3v) is 5.24. The molecule has 34 heavy (non-hydrogen) atoms. The molecule has 0 radical (unpaired) electrons. The molecule has 9 nitrogen and oxygen atoms in total. The number of amides is 2. The van der Waals surface area contributed by atoms with Crippen molar-refractivity contribution < 1.29 is 24.2 Å². The molecule has 9 heteroatoms. The number of anilines is 1. The molecule has 1 saturated heterocycles. The zero-order chi connectivity index (χ0) is 24.1. The van der Waals surface area contributed by atoms with Crippen LogP contribution in [-0.4, -0.2) is 57.6 Å². The quantitative estimate of drug-likeness (QED) is 0.527. The molecule has 0 unspecified atom stereocenters. The number of carbonyl (C=O) groups excluding carboxylic acids is 2. The van der Waals surface area contributed by atoms with E-state index in [1.807, 2.05) is 0 Å². The summed E-state index contributed by atoms with van der Waals surface area (Å²) in [5, 5.41) is 12.0. The van der Waals surface area contributed by atoms with E-state index in [1.54, 1.807) is 67.4 Å². The highest BCUT2D eigenvalue weighted by Gasteiger charge is 2.21. The molecule has 2 amide bonds. The van der Waals surface area contributed by atoms with Crippen LogP contribution in [-0.2, 0) is 0 Å². The second-order valence-electron chi connectivity index (χ2n) is 8.07. The van der Waals surface area contributed by atoms with Gasteiger partial charge in [0.25, 0.3) is 11.8 Å². The van der Waals surface area contributed by atoms with E-state index < -0.39 is 12.0 Å². The van der Waals surface area contributed by atoms with Crippen molar-refractivity contribution in [3.8, 4) is 17.2 Å². The average molecular weight is 463 g/mol. The van der Waals surface area contributed by atoms with Gasteiger partial charge in [-0.05, 0) is 56.7 Å². The first-order chi connectivity index (χ1) is 16.4. The summed E-state index contributed by atoms with van der Waals surface area (Å²) in [7, 11) is 0. The highest BCUT2D eigenvalue weighted by Crippen LogP contribution is 2.29. The summed E-state index contributed by atoms with van der Waals surface area (Å²) in [4.78, 5) is 35.3. The maximum absolute atomic E-state index is 12.8. The molecule has 0 bridgehead atoms. The Labute approximate surface area is 197 Å². The van der Waals surface area contributed by atoms with E-state index >= 15 is 0 Å². The van der Waals surface area contributed by atoms with Crippen LogP contribution >= 0.6 is 0 Å². The van der Waals surface area contributed by atoms with Gasteiger partial charge >= 0.3 is 0 Å². The summed E-state index contributed by atoms with van der Waals surface area (Å²) in [5.74, 6) is 1.14. The van der Waals surface area contributed by atoms with Crippen molar-refractivity contribution in [3.05, 3.63) is 71.7 Å². The van der Waals surface area contributed by atoms with Crippen LogP contribution < -0.4 is 14.8 Å². The normalized spacial score (nSPS) is 13.6. The smallest absolute Gasteiger partial charge is 0.257 e. The van der Waals surface area contributed by atoms with E-state index in [-0.39, 0.29) is 18.1 Å². The van der Waals surface area contributed by atoms with Crippen molar-refractivity contribution in [1.29, 1.82) is 0 Å². The molecule has 2 heterocycles. The van der Waals surface area contributed by atoms with Gasteiger partial charge in [0.05, 0.1) is 24.7 Å². The summed E-state index contributed by atoms with van der Waals surface area (Å²) >= 11 is 0. The largest absolute Gasteiger partial charge is 0.488 e. The predicted molar refractivity (Wildman–Crippen MR) is 125 cm³/mol. The van der Waals surface area contributed by atoms with Gasteiger partial charge < -0.3 is 24.8 Å². The Bertz CT molecular complexity index is 1160. The number of aryl methyl sites for hydroxylation is 1. The average Bonchev–Trinajstić information content (AvgIpc) is 2.79. The number of aromatic nitrogens is 2. The number of hydrogen-bond acceptors (Lipinski definition) is 7. The van der Waals surface area contributed by atoms with Crippen LogP contribution in [0.1, 0.15) is 39.8 Å². The lowest BCUT2D eigenvalue weighted by atomic mass is 10.1. The summed E-state index contributed by atoms with van der Waals surface area (Å²) in [6.45, 7) is 4.91. The molecule has 3 aromatic rings. The van der Waals surface area contributed by atoms with Gasteiger partial charge in [-0.15, -0.1) is 0 Å². The second kappa shape index (κ2) is 10.3. The van der Waals surface area contributed by atoms with E-state index in [4.69, 9.17) is 9.47 Å². The number of carbonyl (C=O) groups is 2. The van der Waals surface area contributed by atoms with E-state index in [0.717, 1.165) is 25.2 Å². The van der Waals surface area contributed by atoms with Gasteiger partial charge in [-0.3, -0.25) is 14.6 Å². The van der Waals surface area contributed by atoms with Gasteiger partial charge in [-0.2, -0.15) is 0 Å². The number of aliphatic hydroxyl groups is 1. The van der Waals surface area contributed by atoms with Crippen LogP contribution in [0.15, 0.2) is 54.9 Å². The predicted octanol–water partition coefficient (Wildman–Crippen LogP) is 3.44. The number of likely N-dealkylation sites (tertiary alicyclic amines) is 1. The van der Waals surface area contributed by atoms with Crippen molar-refractivity contribution in [2.24, 2.45) is 0 Å². The van der Waals surface area contributed by atoms with Crippen LogP contribution in [0.2, 0.25) is 0 Å². The Morgan fingerprint density at radius 2 is 1.76 bits per heavy atom. The first-order valence-electron chi connectivity index (χ1n) is 11.0. The van der Waals surface area contributed by atoms with Gasteiger partial charge in [0.15, 0.2) is 5.82 Å². The fourth-order valence-electron chi connectivity index (χ4n) is 3.25. The van der Waals surface area contributed by atoms with E-state index in [2.05, 4.69) is 15.3 Å². The van der Waals surface area contributed by atoms with Crippen LogP contribution in [0.25, 0.3) is 0 Å². The van der Waals surface area contributed by atoms with Crippen LogP contribution in [0.4, 0.5) is 5.82 Å². The fourth-order valence-corrected chi connectivity index (χ4v) is 3.25. The monoisotopic (exact) mass is 462 g/mol. The number of nitrogens with one attached hydrogen (secondary N) is 1. The highest BCUT2D eigenvalue weighted by atomic mass is 16.5. The van der Waals surface area contributed by atoms with Crippen LogP contribution in [0.3, 0.4) is 0 Å². The minimum Gasteiger partial charge on any atom is -0.488 e. The third kappa shape index (κ3) is 5.68. The molecular weight excluding hydrogens is 436 g/mol. The molecular formula is C25H26N4O5. The number of benzene rings is 2. The topological polar surface area (TPSA) is 114 Å².